The number of aryl methyl sites for hydroxylation is 1. The minimum Gasteiger partial charge on any atom is -0.469 e. The van der Waals surface area contributed by atoms with E-state index in [0.717, 1.165) is 0 Å². The summed E-state index contributed by atoms with van der Waals surface area (Å²) in [6, 6.07) is 0. The van der Waals surface area contributed by atoms with Crippen LogP contribution in [0.25, 0.3) is 0 Å². The minimum absolute atomic E-state index is 0.0456. The Morgan fingerprint density at radius 3 is 3.00 bits per heavy atom. The molecule has 0 aliphatic carbocycles. The number of nitrogens with zero attached hydrogens (tertiary/aromatic N) is 2. The number of methoxy groups -OCH3 is 1. The van der Waals surface area contributed by atoms with Crippen LogP contribution in [0.5, 0.6) is 0 Å². The van der Waals surface area contributed by atoms with Crippen molar-refractivity contribution in [1.29, 1.82) is 0 Å². The topological polar surface area (TPSA) is 64.3 Å². The van der Waals surface area contributed by atoms with Crippen LogP contribution in [-0.4, -0.2) is 27.7 Å². The van der Waals surface area contributed by atoms with Crippen LogP contribution in [0.1, 0.15) is 18.2 Å². The number of hydrogen-bond acceptors (Lipinski definition) is 4. The number of carbonyl (C=O) groups excluding carboxylic acids is 1. The van der Waals surface area contributed by atoms with E-state index in [4.69, 9.17) is 0 Å². The third-order valence-corrected chi connectivity index (χ3v) is 1.78. The van der Waals surface area contributed by atoms with E-state index in [1.807, 2.05) is 0 Å². The highest BCUT2D eigenvalue weighted by Crippen LogP contribution is 2.15. The zero-order valence-corrected chi connectivity index (χ0v) is 7.60. The molecule has 0 unspecified atom stereocenters. The Labute approximate surface area is 76.0 Å². The van der Waals surface area contributed by atoms with Gasteiger partial charge < -0.3 is 14.4 Å². The van der Waals surface area contributed by atoms with Gasteiger partial charge in [0.25, 0.3) is 0 Å². The van der Waals surface area contributed by atoms with Crippen molar-refractivity contribution in [2.75, 3.05) is 7.11 Å². The van der Waals surface area contributed by atoms with E-state index in [1.165, 1.54) is 13.3 Å². The molecule has 5 heteroatoms. The molecule has 0 aliphatic rings. The number of ether oxygens (including phenoxy) is 1. The number of carbonyl (C=O) groups is 1. The summed E-state index contributed by atoms with van der Waals surface area (Å²) in [4.78, 5) is 14.6. The summed E-state index contributed by atoms with van der Waals surface area (Å²) in [7, 11) is 3.04. The largest absolute Gasteiger partial charge is 0.469 e. The number of esters is 1. The van der Waals surface area contributed by atoms with Crippen LogP contribution in [0, 0.1) is 0 Å². The Morgan fingerprint density at radius 1 is 1.85 bits per heavy atom. The second kappa shape index (κ2) is 4.04. The van der Waals surface area contributed by atoms with Gasteiger partial charge in [-0.05, 0) is 0 Å². The first kappa shape index (κ1) is 9.73. The summed E-state index contributed by atoms with van der Waals surface area (Å²) >= 11 is 0. The first-order chi connectivity index (χ1) is 6.15. The SMILES string of the molecule is COC(=O)C[C@@H](O)c1cncn1C. The molecule has 0 saturated heterocycles. The molecule has 5 nitrogen and oxygen atoms in total. The molecule has 1 aromatic rings. The Balaban J connectivity index is 2.63. The summed E-state index contributed by atoms with van der Waals surface area (Å²) in [5, 5.41) is 9.53. The predicted molar refractivity (Wildman–Crippen MR) is 44.8 cm³/mol. The van der Waals surface area contributed by atoms with Crippen molar-refractivity contribution >= 4 is 5.97 Å². The van der Waals surface area contributed by atoms with Crippen molar-refractivity contribution in [2.24, 2.45) is 7.05 Å². The highest BCUT2D eigenvalue weighted by molar-refractivity contribution is 5.69. The summed E-state index contributed by atoms with van der Waals surface area (Å²) < 4.78 is 6.09. The van der Waals surface area contributed by atoms with Crippen molar-refractivity contribution in [1.82, 2.24) is 9.55 Å². The normalized spacial score (nSPS) is 12.5. The number of aromatic nitrogens is 2. The fourth-order valence-electron chi connectivity index (χ4n) is 1.03. The zero-order chi connectivity index (χ0) is 9.84. The van der Waals surface area contributed by atoms with Crippen LogP contribution < -0.4 is 0 Å². The lowest BCUT2D eigenvalue weighted by atomic mass is 10.2. The average Bonchev–Trinajstić information content (AvgIpc) is 2.51. The maximum atomic E-state index is 10.8. The van der Waals surface area contributed by atoms with Crippen LogP contribution in [0.4, 0.5) is 0 Å². The Kier molecular flexibility index (Phi) is 3.02. The lowest BCUT2D eigenvalue weighted by Crippen LogP contribution is -2.10. The van der Waals surface area contributed by atoms with Gasteiger partial charge in [0, 0.05) is 7.05 Å². The molecule has 1 heterocycles. The molecule has 0 aromatic carbocycles. The molecule has 13 heavy (non-hydrogen) atoms. The first-order valence-corrected chi connectivity index (χ1v) is 3.86. The number of hydrogen-bond donors (Lipinski definition) is 1. The molecule has 1 atom stereocenters. The number of aliphatic hydroxyl groups is 1. The van der Waals surface area contributed by atoms with Gasteiger partial charge in [-0.3, -0.25) is 4.79 Å². The Morgan fingerprint density at radius 2 is 2.54 bits per heavy atom. The van der Waals surface area contributed by atoms with Crippen molar-refractivity contribution in [3.63, 3.8) is 0 Å². The van der Waals surface area contributed by atoms with Gasteiger partial charge in [-0.15, -0.1) is 0 Å². The van der Waals surface area contributed by atoms with E-state index in [-0.39, 0.29) is 6.42 Å². The number of aliphatic hydroxyl groups excluding tert-OH is 1. The molecule has 0 spiro atoms. The summed E-state index contributed by atoms with van der Waals surface area (Å²) in [5.41, 5.74) is 0.602. The van der Waals surface area contributed by atoms with Crippen molar-refractivity contribution in [3.8, 4) is 0 Å². The van der Waals surface area contributed by atoms with Gasteiger partial charge in [-0.2, -0.15) is 0 Å². The molecule has 0 fully saturated rings. The van der Waals surface area contributed by atoms with Crippen molar-refractivity contribution in [3.05, 3.63) is 18.2 Å². The standard InChI is InChI=1S/C8H12N2O3/c1-10-5-9-4-6(10)7(11)3-8(12)13-2/h4-5,7,11H,3H2,1-2H3/t7-/m1/s1. The van der Waals surface area contributed by atoms with E-state index in [9.17, 15) is 9.90 Å². The fourth-order valence-corrected chi connectivity index (χ4v) is 1.03. The molecule has 72 valence electrons. The van der Waals surface area contributed by atoms with Crippen LogP contribution >= 0.6 is 0 Å². The molecule has 1 N–H and O–H groups in total. The third-order valence-electron chi connectivity index (χ3n) is 1.78. The zero-order valence-electron chi connectivity index (χ0n) is 7.60. The lowest BCUT2D eigenvalue weighted by molar-refractivity contribution is -0.143. The highest BCUT2D eigenvalue weighted by atomic mass is 16.5. The maximum Gasteiger partial charge on any atom is 0.308 e. The van der Waals surface area contributed by atoms with Crippen molar-refractivity contribution in [2.45, 2.75) is 12.5 Å². The molecular weight excluding hydrogens is 172 g/mol. The molecule has 1 aromatic heterocycles. The Bertz CT molecular complexity index is 295. The van der Waals surface area contributed by atoms with Gasteiger partial charge in [0.05, 0.1) is 31.7 Å². The summed E-state index contributed by atoms with van der Waals surface area (Å²) in [6.45, 7) is 0. The molecular formula is C8H12N2O3. The Hall–Kier alpha value is -1.36. The van der Waals surface area contributed by atoms with Crippen molar-refractivity contribution < 1.29 is 14.6 Å². The molecule has 0 amide bonds. The molecule has 1 rings (SSSR count). The van der Waals surface area contributed by atoms with E-state index in [0.29, 0.717) is 5.69 Å². The van der Waals surface area contributed by atoms with Crippen LogP contribution in [-0.2, 0) is 16.6 Å². The van der Waals surface area contributed by atoms with Gasteiger partial charge in [0.2, 0.25) is 0 Å². The van der Waals surface area contributed by atoms with Gasteiger partial charge in [0.15, 0.2) is 0 Å². The predicted octanol–water partition coefficient (Wildman–Crippen LogP) is 0.0166. The first-order valence-electron chi connectivity index (χ1n) is 3.86. The van der Waals surface area contributed by atoms with Crippen LogP contribution in [0.15, 0.2) is 12.5 Å². The number of imidazole rings is 1. The maximum absolute atomic E-state index is 10.8. The minimum atomic E-state index is -0.847. The summed E-state index contributed by atoms with van der Waals surface area (Å²) in [5.74, 6) is -0.436. The highest BCUT2D eigenvalue weighted by Gasteiger charge is 2.15. The second-order valence-electron chi connectivity index (χ2n) is 2.73. The average molecular weight is 184 g/mol. The van der Waals surface area contributed by atoms with Gasteiger partial charge in [0.1, 0.15) is 6.10 Å². The quantitative estimate of drug-likeness (QED) is 0.672. The van der Waals surface area contributed by atoms with Gasteiger partial charge in [-0.1, -0.05) is 0 Å². The van der Waals surface area contributed by atoms with E-state index >= 15 is 0 Å². The van der Waals surface area contributed by atoms with E-state index in [2.05, 4.69) is 9.72 Å². The molecule has 0 bridgehead atoms. The monoisotopic (exact) mass is 184 g/mol. The lowest BCUT2D eigenvalue weighted by Gasteiger charge is -2.08. The van der Waals surface area contributed by atoms with Gasteiger partial charge in [-0.25, -0.2) is 4.98 Å². The summed E-state index contributed by atoms with van der Waals surface area (Å²) in [6.07, 6.45) is 2.19. The molecule has 0 saturated carbocycles. The van der Waals surface area contributed by atoms with Crippen LogP contribution in [0.3, 0.4) is 0 Å². The second-order valence-corrected chi connectivity index (χ2v) is 2.73. The number of rotatable bonds is 3. The molecule has 0 aliphatic heterocycles. The molecule has 0 radical (unpaired) electrons. The van der Waals surface area contributed by atoms with E-state index in [1.54, 1.807) is 17.9 Å². The van der Waals surface area contributed by atoms with Crippen LogP contribution in [0.2, 0.25) is 0 Å². The van der Waals surface area contributed by atoms with E-state index < -0.39 is 12.1 Å². The smallest absolute Gasteiger partial charge is 0.308 e. The van der Waals surface area contributed by atoms with Gasteiger partial charge >= 0.3 is 5.97 Å². The fraction of sp³-hybridized carbons (Fsp3) is 0.500. The third kappa shape index (κ3) is 2.29.